The number of hydrogen-bond acceptors (Lipinski definition) is 4. The van der Waals surface area contributed by atoms with Gasteiger partial charge in [0.2, 0.25) is 0 Å². The van der Waals surface area contributed by atoms with Gasteiger partial charge in [-0.25, -0.2) is 0 Å². The molecule has 1 aromatic heterocycles. The van der Waals surface area contributed by atoms with E-state index in [-0.39, 0.29) is 38.7 Å². The molecule has 0 saturated heterocycles. The molecule has 0 bridgehead atoms. The number of aliphatic imine (C=N–C) groups is 3. The number of rotatable bonds is 10. The summed E-state index contributed by atoms with van der Waals surface area (Å²) in [5.74, 6) is 0. The average molecular weight is 1070 g/mol. The first kappa shape index (κ1) is 58.2. The van der Waals surface area contributed by atoms with E-state index in [1.807, 2.05) is 6.20 Å². The topological polar surface area (TPSA) is 78.2 Å². The molecule has 9 rings (SSSR count). The van der Waals surface area contributed by atoms with Gasteiger partial charge in [0.1, 0.15) is 0 Å². The van der Waals surface area contributed by atoms with E-state index in [1.54, 1.807) is 0 Å². The maximum Gasteiger partial charge on any atom is 2.00 e. The SMILES string of the molecule is C=Nc1c([N-]c2cc(C(C)(C)C)cc(-c3ccccc3C)c2N=C)cc(C(C)(C)C)cc1-c1ccccc1C.C=Nc1c([N-]c2cc(C(C)(C)C)cc3c2ncc2ccccc23)cc(C(C)(C)C)cc1-c1ccccc1C.[Fe+2]. The van der Waals surface area contributed by atoms with E-state index in [0.29, 0.717) is 0 Å². The van der Waals surface area contributed by atoms with Crippen molar-refractivity contribution in [3.05, 3.63) is 201 Å². The van der Waals surface area contributed by atoms with Crippen LogP contribution in [0.15, 0.2) is 167 Å². The summed E-state index contributed by atoms with van der Waals surface area (Å²) < 4.78 is 0. The molecule has 0 saturated carbocycles. The van der Waals surface area contributed by atoms with E-state index < -0.39 is 0 Å². The number of fused-ring (bicyclic) bond motifs is 3. The smallest absolute Gasteiger partial charge is 0.654 e. The van der Waals surface area contributed by atoms with Gasteiger partial charge >= 0.3 is 17.1 Å². The number of pyridine rings is 1. The molecule has 0 fully saturated rings. The maximum absolute atomic E-state index is 5.31. The zero-order valence-corrected chi connectivity index (χ0v) is 49.7. The molecule has 7 heteroatoms. The fourth-order valence-corrected chi connectivity index (χ4v) is 9.88. The van der Waals surface area contributed by atoms with Crippen LogP contribution in [0.1, 0.15) is 122 Å². The van der Waals surface area contributed by atoms with Crippen molar-refractivity contribution in [3.63, 3.8) is 0 Å². The second kappa shape index (κ2) is 22.9. The van der Waals surface area contributed by atoms with Gasteiger partial charge in [0, 0.05) is 33.7 Å². The van der Waals surface area contributed by atoms with Crippen LogP contribution < -0.4 is 0 Å². The summed E-state index contributed by atoms with van der Waals surface area (Å²) in [5.41, 5.74) is 21.1. The molecule has 9 aromatic rings. The van der Waals surface area contributed by atoms with Crippen LogP contribution in [0.4, 0.5) is 39.8 Å². The van der Waals surface area contributed by atoms with Gasteiger partial charge in [-0.1, -0.05) is 204 Å². The van der Waals surface area contributed by atoms with Crippen LogP contribution >= 0.6 is 0 Å². The van der Waals surface area contributed by atoms with Gasteiger partial charge in [-0.05, 0) is 148 Å². The fourth-order valence-electron chi connectivity index (χ4n) is 9.88. The Bertz CT molecular complexity index is 3610. The molecule has 0 N–H and O–H groups in total. The summed E-state index contributed by atoms with van der Waals surface area (Å²) in [5, 5.41) is 14.0. The van der Waals surface area contributed by atoms with Crippen molar-refractivity contribution in [2.24, 2.45) is 15.0 Å². The fraction of sp³-hybridized carbons (Fsp3) is 0.268. The normalized spacial score (nSPS) is 11.8. The molecular formula is C71H76FeN6. The standard InChI is InChI=1S/C36H40N3.C35H36N3.Fe/c1-23-15-11-13-17-27(23)29-19-25(35(3,4)5)21-31(33(29)37-9)39-32-22-26(36(6,7)8)20-30(34(32)38-10)28-18-14-12-16-24(28)2;1-22-13-9-11-15-26(22)28-17-24(34(2,3)4)19-30(32(28)36-8)38-31-20-25(35(5,6)7)18-29-27-16-12-10-14-23(27)21-37-33(29)31;/h11-22H,9-10H2,1-8H3;9-21H,8H2,1-7H3;/q2*-1;+2. The van der Waals surface area contributed by atoms with E-state index in [2.05, 4.69) is 285 Å². The first-order chi connectivity index (χ1) is 36.3. The number of aromatic nitrogens is 1. The van der Waals surface area contributed by atoms with E-state index in [4.69, 9.17) is 15.6 Å². The van der Waals surface area contributed by atoms with Crippen LogP contribution in [0.25, 0.3) is 65.7 Å². The molecule has 0 amide bonds. The Balaban J connectivity index is 0.000000223. The summed E-state index contributed by atoms with van der Waals surface area (Å²) in [6.45, 7) is 45.1. The third-order valence-electron chi connectivity index (χ3n) is 14.7. The molecule has 0 atom stereocenters. The number of aryl methyl sites for hydroxylation is 3. The number of hydrogen-bond donors (Lipinski definition) is 0. The summed E-state index contributed by atoms with van der Waals surface area (Å²) in [6.07, 6.45) is 1.95. The van der Waals surface area contributed by atoms with Crippen LogP contribution in [-0.4, -0.2) is 25.1 Å². The predicted octanol–water partition coefficient (Wildman–Crippen LogP) is 21.9. The first-order valence-corrected chi connectivity index (χ1v) is 26.7. The quantitative estimate of drug-likeness (QED) is 0.0763. The van der Waals surface area contributed by atoms with Crippen molar-refractivity contribution in [1.29, 1.82) is 0 Å². The third-order valence-corrected chi connectivity index (χ3v) is 14.7. The zero-order valence-electron chi connectivity index (χ0n) is 48.6. The summed E-state index contributed by atoms with van der Waals surface area (Å²) >= 11 is 0. The van der Waals surface area contributed by atoms with Crippen LogP contribution in [0, 0.1) is 20.8 Å². The van der Waals surface area contributed by atoms with E-state index in [1.165, 1.54) is 44.3 Å². The molecular weight excluding hydrogens is 993 g/mol. The second-order valence-corrected chi connectivity index (χ2v) is 24.6. The van der Waals surface area contributed by atoms with Crippen molar-refractivity contribution in [2.75, 3.05) is 0 Å². The number of benzene rings is 8. The van der Waals surface area contributed by atoms with Crippen molar-refractivity contribution in [1.82, 2.24) is 4.98 Å². The van der Waals surface area contributed by atoms with Crippen molar-refractivity contribution in [2.45, 2.75) is 126 Å². The number of nitrogens with zero attached hydrogens (tertiary/aromatic N) is 6. The second-order valence-electron chi connectivity index (χ2n) is 24.6. The van der Waals surface area contributed by atoms with Crippen molar-refractivity contribution < 1.29 is 17.1 Å². The predicted molar refractivity (Wildman–Crippen MR) is 337 cm³/mol. The van der Waals surface area contributed by atoms with Gasteiger partial charge in [-0.15, -0.1) is 22.7 Å². The summed E-state index contributed by atoms with van der Waals surface area (Å²) in [4.78, 5) is 18.5. The minimum Gasteiger partial charge on any atom is -0.654 e. The van der Waals surface area contributed by atoms with E-state index >= 15 is 0 Å². The first-order valence-electron chi connectivity index (χ1n) is 26.7. The van der Waals surface area contributed by atoms with Crippen LogP contribution in [0.3, 0.4) is 0 Å². The zero-order chi connectivity index (χ0) is 55.8. The Morgan fingerprint density at radius 1 is 0.359 bits per heavy atom. The van der Waals surface area contributed by atoms with Crippen LogP contribution in [-0.2, 0) is 38.7 Å². The Hall–Kier alpha value is -7.44. The molecule has 0 aliphatic rings. The Kier molecular flexibility index (Phi) is 17.1. The van der Waals surface area contributed by atoms with E-state index in [9.17, 15) is 0 Å². The summed E-state index contributed by atoms with van der Waals surface area (Å²) in [6, 6.07) is 51.3. The summed E-state index contributed by atoms with van der Waals surface area (Å²) in [7, 11) is 0. The van der Waals surface area contributed by atoms with Gasteiger partial charge in [0.05, 0.1) is 22.6 Å². The van der Waals surface area contributed by atoms with Crippen LogP contribution in [0.2, 0.25) is 0 Å². The van der Waals surface area contributed by atoms with Gasteiger partial charge in [-0.3, -0.25) is 20.0 Å². The molecule has 0 radical (unpaired) electrons. The van der Waals surface area contributed by atoms with Crippen LogP contribution in [0.5, 0.6) is 0 Å². The molecule has 398 valence electrons. The molecule has 8 aromatic carbocycles. The Morgan fingerprint density at radius 3 is 1.01 bits per heavy atom. The van der Waals surface area contributed by atoms with E-state index in [0.717, 1.165) is 89.5 Å². The molecule has 0 aliphatic carbocycles. The Labute approximate surface area is 476 Å². The Morgan fingerprint density at radius 2 is 0.667 bits per heavy atom. The van der Waals surface area contributed by atoms with Gasteiger partial charge in [0.25, 0.3) is 0 Å². The molecule has 78 heavy (non-hydrogen) atoms. The average Bonchev–Trinajstić information content (AvgIpc) is 3.45. The van der Waals surface area contributed by atoms with Gasteiger partial charge in [-0.2, -0.15) is 0 Å². The monoisotopic (exact) mass is 1070 g/mol. The molecule has 0 spiro atoms. The molecule has 6 nitrogen and oxygen atoms in total. The minimum absolute atomic E-state index is 0. The minimum atomic E-state index is -0.0828. The van der Waals surface area contributed by atoms with Crippen molar-refractivity contribution >= 4 is 81.6 Å². The molecule has 1 heterocycles. The van der Waals surface area contributed by atoms with Gasteiger partial charge in [0.15, 0.2) is 0 Å². The maximum atomic E-state index is 5.31. The largest absolute Gasteiger partial charge is 2.00 e. The third kappa shape index (κ3) is 12.3. The molecule has 0 aliphatic heterocycles. The molecule has 0 unspecified atom stereocenters. The van der Waals surface area contributed by atoms with Gasteiger partial charge < -0.3 is 10.6 Å². The van der Waals surface area contributed by atoms with Crippen molar-refractivity contribution in [3.8, 4) is 33.4 Å².